The molecule has 7 nitrogen and oxygen atoms in total. The van der Waals surface area contributed by atoms with Crippen molar-refractivity contribution in [2.75, 3.05) is 18.0 Å². The van der Waals surface area contributed by atoms with Crippen LogP contribution in [0, 0.1) is 0 Å². The van der Waals surface area contributed by atoms with E-state index in [-0.39, 0.29) is 23.6 Å². The number of hydrogen-bond acceptors (Lipinski definition) is 6. The van der Waals surface area contributed by atoms with E-state index in [4.69, 9.17) is 5.10 Å². The molecule has 1 aliphatic heterocycles. The second kappa shape index (κ2) is 10.9. The topological polar surface area (TPSA) is 84.1 Å². The zero-order chi connectivity index (χ0) is 29.7. The monoisotopic (exact) mass is 587 g/mol. The summed E-state index contributed by atoms with van der Waals surface area (Å²) in [6, 6.07) is 18.4. The predicted octanol–water partition coefficient (Wildman–Crippen LogP) is 5.70. The Morgan fingerprint density at radius 2 is 1.42 bits per heavy atom. The lowest BCUT2D eigenvalue weighted by Gasteiger charge is -2.35. The summed E-state index contributed by atoms with van der Waals surface area (Å²) in [5.74, 6) is -2.10. The van der Waals surface area contributed by atoms with Crippen LogP contribution < -0.4 is 4.90 Å². The highest BCUT2D eigenvalue weighted by atomic mass is 19.4. The van der Waals surface area contributed by atoms with E-state index in [9.17, 15) is 23.1 Å². The number of carbonyl (C=O) groups excluding carboxylic acids is 1. The number of halogens is 3. The fourth-order valence-electron chi connectivity index (χ4n) is 6.69. The van der Waals surface area contributed by atoms with Crippen molar-refractivity contribution in [1.82, 2.24) is 19.7 Å². The third-order valence-electron chi connectivity index (χ3n) is 9.05. The number of anilines is 1. The van der Waals surface area contributed by atoms with E-state index in [1.165, 1.54) is 0 Å². The summed E-state index contributed by atoms with van der Waals surface area (Å²) in [7, 11) is 0. The van der Waals surface area contributed by atoms with Gasteiger partial charge >= 0.3 is 6.18 Å². The van der Waals surface area contributed by atoms with Crippen LogP contribution in [0.4, 0.5) is 18.9 Å². The van der Waals surface area contributed by atoms with Crippen molar-refractivity contribution in [3.8, 4) is 0 Å². The van der Waals surface area contributed by atoms with Gasteiger partial charge in [-0.2, -0.15) is 18.3 Å². The van der Waals surface area contributed by atoms with Crippen LogP contribution in [0.25, 0.3) is 0 Å². The van der Waals surface area contributed by atoms with Gasteiger partial charge in [0.2, 0.25) is 0 Å². The summed E-state index contributed by atoms with van der Waals surface area (Å²) in [5, 5.41) is 15.6. The minimum absolute atomic E-state index is 0.0352. The van der Waals surface area contributed by atoms with Crippen molar-refractivity contribution in [3.05, 3.63) is 107 Å². The normalized spacial score (nSPS) is 21.3. The van der Waals surface area contributed by atoms with Crippen molar-refractivity contribution in [1.29, 1.82) is 0 Å². The van der Waals surface area contributed by atoms with Crippen LogP contribution in [-0.4, -0.2) is 56.0 Å². The van der Waals surface area contributed by atoms with Gasteiger partial charge in [0.25, 0.3) is 0 Å². The molecule has 2 atom stereocenters. The summed E-state index contributed by atoms with van der Waals surface area (Å²) < 4.78 is 45.6. The molecule has 7 rings (SSSR count). The second-order valence-electron chi connectivity index (χ2n) is 11.9. The first-order chi connectivity index (χ1) is 20.8. The lowest BCUT2D eigenvalue weighted by atomic mass is 9.78. The van der Waals surface area contributed by atoms with Crippen molar-refractivity contribution in [2.45, 2.75) is 68.2 Å². The molecule has 0 radical (unpaired) electrons. The molecule has 43 heavy (non-hydrogen) atoms. The van der Waals surface area contributed by atoms with Gasteiger partial charge in [-0.25, -0.2) is 9.97 Å². The van der Waals surface area contributed by atoms with Gasteiger partial charge in [-0.1, -0.05) is 60.7 Å². The minimum Gasteiger partial charge on any atom is -0.384 e. The average Bonchev–Trinajstić information content (AvgIpc) is 3.81. The first-order valence-corrected chi connectivity index (χ1v) is 14.8. The summed E-state index contributed by atoms with van der Waals surface area (Å²) in [5.41, 5.74) is 3.12. The van der Waals surface area contributed by atoms with E-state index in [1.54, 1.807) is 4.68 Å². The number of aromatic nitrogens is 4. The van der Waals surface area contributed by atoms with Crippen LogP contribution >= 0.6 is 0 Å². The number of Topliss-reactive ketones (excluding diaryl/α,β-unsaturated/α-hetero) is 1. The van der Waals surface area contributed by atoms with Crippen LogP contribution in [-0.2, 0) is 11.2 Å². The van der Waals surface area contributed by atoms with Crippen molar-refractivity contribution < 1.29 is 23.1 Å². The fourth-order valence-corrected chi connectivity index (χ4v) is 6.69. The highest BCUT2D eigenvalue weighted by molar-refractivity contribution is 5.88. The Morgan fingerprint density at radius 1 is 0.837 bits per heavy atom. The smallest absolute Gasteiger partial charge is 0.384 e. The average molecular weight is 588 g/mol. The molecule has 2 fully saturated rings. The lowest BCUT2D eigenvalue weighted by Crippen LogP contribution is -2.43. The zero-order valence-electron chi connectivity index (χ0n) is 23.5. The summed E-state index contributed by atoms with van der Waals surface area (Å²) in [4.78, 5) is 24.1. The second-order valence-corrected chi connectivity index (χ2v) is 11.9. The molecular weight excluding hydrogens is 555 g/mol. The number of fused-ring (bicyclic) bond motifs is 1. The van der Waals surface area contributed by atoms with Crippen LogP contribution in [0.15, 0.2) is 73.1 Å². The van der Waals surface area contributed by atoms with Gasteiger partial charge in [0.15, 0.2) is 5.78 Å². The molecule has 3 heterocycles. The first kappa shape index (κ1) is 27.8. The lowest BCUT2D eigenvalue weighted by molar-refractivity contribution is -0.179. The maximum absolute atomic E-state index is 14.7. The molecule has 3 aliphatic rings. The molecule has 1 N–H and O–H groups in total. The Balaban J connectivity index is 1.29. The number of ketones is 1. The molecule has 2 aliphatic carbocycles. The standard InChI is InChI=1S/C33H32F3N5O2/c34-33(35,36)28-27-25(17-26(42)31(28)43)41(30(21-7-3-1-4-8-21)22-9-5-2-6-10-22)39-29(27)20-13-15-40(16-14-20)24-18-37-32(38-19-24)23-11-12-23/h1-10,18-20,23,28,30-31,43H,11-17H2/t28-,31+/m0/s1. The van der Waals surface area contributed by atoms with Crippen LogP contribution in [0.5, 0.6) is 0 Å². The van der Waals surface area contributed by atoms with Gasteiger partial charge in [-0.15, -0.1) is 0 Å². The highest BCUT2D eigenvalue weighted by Crippen LogP contribution is 2.48. The Morgan fingerprint density at radius 3 is 1.95 bits per heavy atom. The van der Waals surface area contributed by atoms with Gasteiger partial charge in [0.1, 0.15) is 23.9 Å². The molecule has 1 saturated heterocycles. The minimum atomic E-state index is -4.82. The quantitative estimate of drug-likeness (QED) is 0.312. The van der Waals surface area contributed by atoms with Crippen LogP contribution in [0.2, 0.25) is 0 Å². The maximum atomic E-state index is 14.7. The number of aliphatic hydroxyl groups is 1. The van der Waals surface area contributed by atoms with E-state index in [0.29, 0.717) is 37.5 Å². The van der Waals surface area contributed by atoms with E-state index in [2.05, 4.69) is 14.9 Å². The Hall–Kier alpha value is -4.05. The zero-order valence-corrected chi connectivity index (χ0v) is 23.5. The number of hydrogen-bond donors (Lipinski definition) is 1. The van der Waals surface area contributed by atoms with Gasteiger partial charge < -0.3 is 10.0 Å². The number of aliphatic hydroxyl groups excluding tert-OH is 1. The third kappa shape index (κ3) is 5.22. The summed E-state index contributed by atoms with van der Waals surface area (Å²) in [6.45, 7) is 1.22. The van der Waals surface area contributed by atoms with E-state index < -0.39 is 30.0 Å². The van der Waals surface area contributed by atoms with Gasteiger partial charge in [-0.05, 0) is 36.8 Å². The fraction of sp³-hybridized carbons (Fsp3) is 0.394. The maximum Gasteiger partial charge on any atom is 0.398 e. The third-order valence-corrected chi connectivity index (χ3v) is 9.05. The molecule has 0 spiro atoms. The molecule has 0 unspecified atom stereocenters. The number of nitrogens with zero attached hydrogens (tertiary/aromatic N) is 5. The van der Waals surface area contributed by atoms with Crippen molar-refractivity contribution in [2.24, 2.45) is 0 Å². The van der Waals surface area contributed by atoms with Crippen molar-refractivity contribution in [3.63, 3.8) is 0 Å². The molecule has 1 saturated carbocycles. The molecule has 0 bridgehead atoms. The number of piperidine rings is 1. The number of rotatable bonds is 6. The van der Waals surface area contributed by atoms with Gasteiger partial charge in [0, 0.05) is 30.5 Å². The van der Waals surface area contributed by atoms with Gasteiger partial charge in [0.05, 0.1) is 35.9 Å². The molecule has 2 aromatic heterocycles. The van der Waals surface area contributed by atoms with Crippen LogP contribution in [0.3, 0.4) is 0 Å². The van der Waals surface area contributed by atoms with Crippen molar-refractivity contribution >= 4 is 11.5 Å². The van der Waals surface area contributed by atoms with E-state index in [0.717, 1.165) is 35.5 Å². The summed E-state index contributed by atoms with van der Waals surface area (Å²) in [6.07, 6.45) is -0.218. The molecule has 0 amide bonds. The Kier molecular flexibility index (Phi) is 7.04. The largest absolute Gasteiger partial charge is 0.398 e. The van der Waals surface area contributed by atoms with E-state index >= 15 is 0 Å². The SMILES string of the molecule is O=C1Cc2c(c(C3CCN(c4cnc(C5CC5)nc4)CC3)nn2C(c2ccccc2)c2ccccc2)[C@H](C(F)(F)F)[C@@H]1O. The van der Waals surface area contributed by atoms with Crippen LogP contribution in [0.1, 0.15) is 83.4 Å². The molecule has 10 heteroatoms. The summed E-state index contributed by atoms with van der Waals surface area (Å²) >= 11 is 0. The Bertz CT molecular complexity index is 1560. The van der Waals surface area contributed by atoms with E-state index in [1.807, 2.05) is 73.1 Å². The molecular formula is C33H32F3N5O2. The van der Waals surface area contributed by atoms with Gasteiger partial charge in [-0.3, -0.25) is 9.48 Å². The molecule has 2 aromatic carbocycles. The highest BCUT2D eigenvalue weighted by Gasteiger charge is 2.54. The number of benzene rings is 2. The number of alkyl halides is 3. The first-order valence-electron chi connectivity index (χ1n) is 14.8. The predicted molar refractivity (Wildman–Crippen MR) is 154 cm³/mol. The Labute approximate surface area is 247 Å². The number of carbonyl (C=O) groups is 1. The molecule has 4 aromatic rings. The molecule has 222 valence electrons.